The Morgan fingerprint density at radius 3 is 2.79 bits per heavy atom. The van der Waals surface area contributed by atoms with Crippen LogP contribution >= 0.6 is 11.3 Å². The predicted octanol–water partition coefficient (Wildman–Crippen LogP) is 3.59. The molecule has 1 aliphatic heterocycles. The van der Waals surface area contributed by atoms with Gasteiger partial charge in [-0.2, -0.15) is 0 Å². The van der Waals surface area contributed by atoms with Crippen molar-refractivity contribution in [2.45, 2.75) is 12.5 Å². The molecule has 0 bridgehead atoms. The van der Waals surface area contributed by atoms with Gasteiger partial charge in [0, 0.05) is 17.4 Å². The highest BCUT2D eigenvalue weighted by Crippen LogP contribution is 2.37. The van der Waals surface area contributed by atoms with Crippen LogP contribution in [0.4, 0.5) is 5.00 Å². The first-order chi connectivity index (χ1) is 14.1. The second kappa shape index (κ2) is 6.71. The van der Waals surface area contributed by atoms with Crippen LogP contribution in [0.1, 0.15) is 15.9 Å². The third-order valence-corrected chi connectivity index (χ3v) is 5.64. The van der Waals surface area contributed by atoms with E-state index in [1.54, 1.807) is 23.6 Å². The Morgan fingerprint density at radius 1 is 1.14 bits per heavy atom. The number of benzene rings is 2. The second-order valence-electron chi connectivity index (χ2n) is 6.53. The number of aromatic nitrogens is 2. The molecule has 2 aromatic carbocycles. The normalized spacial score (nSPS) is 15.1. The smallest absolute Gasteiger partial charge is 0.339 e. The Bertz CT molecular complexity index is 1240. The number of carbonyl (C=O) groups excluding carboxylic acids is 1. The number of fused-ring (bicyclic) bond motifs is 2. The number of hydrogen-bond donors (Lipinski definition) is 2. The highest BCUT2D eigenvalue weighted by Gasteiger charge is 2.30. The summed E-state index contributed by atoms with van der Waals surface area (Å²) in [6.45, 7) is 0. The number of carbonyl (C=O) groups is 2. The van der Waals surface area contributed by atoms with E-state index in [4.69, 9.17) is 9.37 Å². The lowest BCUT2D eigenvalue weighted by Crippen LogP contribution is -2.31. The molecule has 8 nitrogen and oxygen atoms in total. The van der Waals surface area contributed by atoms with Crippen LogP contribution in [0.5, 0.6) is 5.75 Å². The van der Waals surface area contributed by atoms with Crippen molar-refractivity contribution in [3.05, 3.63) is 59.0 Å². The number of carboxylic acids is 1. The first-order valence-corrected chi connectivity index (χ1v) is 9.61. The number of para-hydroxylation sites is 1. The predicted molar refractivity (Wildman–Crippen MR) is 105 cm³/mol. The van der Waals surface area contributed by atoms with Crippen molar-refractivity contribution in [3.8, 4) is 16.9 Å². The SMILES string of the molecule is O=C(O)c1c(-c2ccc3nonc3c2)csc1NC(=O)C1Cc2ccccc2O1. The molecule has 0 radical (unpaired) electrons. The lowest BCUT2D eigenvalue weighted by atomic mass is 10.0. The van der Waals surface area contributed by atoms with E-state index < -0.39 is 12.1 Å². The molecular formula is C20H13N3O5S. The fourth-order valence-electron chi connectivity index (χ4n) is 3.35. The molecule has 29 heavy (non-hydrogen) atoms. The number of anilines is 1. The molecule has 0 saturated carbocycles. The number of amides is 1. The van der Waals surface area contributed by atoms with Gasteiger partial charge in [-0.05, 0) is 39.6 Å². The Hall–Kier alpha value is -3.72. The van der Waals surface area contributed by atoms with Crippen LogP contribution in [0.3, 0.4) is 0 Å². The molecule has 3 heterocycles. The fourth-order valence-corrected chi connectivity index (χ4v) is 4.31. The lowest BCUT2D eigenvalue weighted by Gasteiger charge is -2.11. The van der Waals surface area contributed by atoms with Gasteiger partial charge >= 0.3 is 5.97 Å². The van der Waals surface area contributed by atoms with Gasteiger partial charge in [-0.3, -0.25) is 4.79 Å². The minimum absolute atomic E-state index is 0.0228. The molecule has 1 aliphatic rings. The number of nitrogens with one attached hydrogen (secondary N) is 1. The van der Waals surface area contributed by atoms with Crippen molar-refractivity contribution >= 4 is 39.2 Å². The zero-order valence-corrected chi connectivity index (χ0v) is 15.6. The maximum absolute atomic E-state index is 12.7. The summed E-state index contributed by atoms with van der Waals surface area (Å²) in [6.07, 6.45) is -0.254. The average molecular weight is 407 g/mol. The van der Waals surface area contributed by atoms with Gasteiger partial charge in [-0.1, -0.05) is 24.3 Å². The van der Waals surface area contributed by atoms with E-state index >= 15 is 0 Å². The van der Waals surface area contributed by atoms with Gasteiger partial charge < -0.3 is 15.2 Å². The summed E-state index contributed by atoms with van der Waals surface area (Å²) in [7, 11) is 0. The summed E-state index contributed by atoms with van der Waals surface area (Å²) in [5, 5.41) is 22.0. The van der Waals surface area contributed by atoms with Crippen LogP contribution in [-0.4, -0.2) is 33.4 Å². The van der Waals surface area contributed by atoms with Crippen molar-refractivity contribution in [1.29, 1.82) is 0 Å². The number of thiophene rings is 1. The van der Waals surface area contributed by atoms with Crippen LogP contribution in [0, 0.1) is 0 Å². The molecule has 0 spiro atoms. The van der Waals surface area contributed by atoms with Crippen LogP contribution < -0.4 is 10.1 Å². The molecule has 5 rings (SSSR count). The topological polar surface area (TPSA) is 115 Å². The van der Waals surface area contributed by atoms with Gasteiger partial charge in [0.05, 0.1) is 0 Å². The summed E-state index contributed by atoms with van der Waals surface area (Å²) in [4.78, 5) is 24.6. The molecule has 1 atom stereocenters. The second-order valence-corrected chi connectivity index (χ2v) is 7.41. The molecule has 1 unspecified atom stereocenters. The molecule has 0 saturated heterocycles. The van der Waals surface area contributed by atoms with Crippen LogP contribution in [0.15, 0.2) is 52.5 Å². The fraction of sp³-hybridized carbons (Fsp3) is 0.100. The zero-order chi connectivity index (χ0) is 20.0. The number of ether oxygens (including phenoxy) is 1. The minimum atomic E-state index is -1.13. The first kappa shape index (κ1) is 17.4. The zero-order valence-electron chi connectivity index (χ0n) is 14.8. The Morgan fingerprint density at radius 2 is 1.97 bits per heavy atom. The van der Waals surface area contributed by atoms with Crippen molar-refractivity contribution in [1.82, 2.24) is 10.3 Å². The van der Waals surface area contributed by atoms with Crippen LogP contribution in [0.25, 0.3) is 22.2 Å². The molecule has 1 amide bonds. The summed E-state index contributed by atoms with van der Waals surface area (Å²) in [6, 6.07) is 12.6. The van der Waals surface area contributed by atoms with E-state index in [9.17, 15) is 14.7 Å². The number of carboxylic acid groups (broad SMARTS) is 1. The first-order valence-electron chi connectivity index (χ1n) is 8.73. The van der Waals surface area contributed by atoms with Crippen molar-refractivity contribution in [2.75, 3.05) is 5.32 Å². The highest BCUT2D eigenvalue weighted by molar-refractivity contribution is 7.15. The van der Waals surface area contributed by atoms with E-state index in [1.165, 1.54) is 0 Å². The Balaban J connectivity index is 1.44. The Labute approximate surface area is 167 Å². The van der Waals surface area contributed by atoms with Gasteiger partial charge in [0.15, 0.2) is 6.10 Å². The lowest BCUT2D eigenvalue weighted by molar-refractivity contribution is -0.122. The largest absolute Gasteiger partial charge is 0.480 e. The van der Waals surface area contributed by atoms with E-state index in [0.29, 0.717) is 34.3 Å². The molecule has 0 aliphatic carbocycles. The quantitative estimate of drug-likeness (QED) is 0.531. The van der Waals surface area contributed by atoms with Gasteiger partial charge in [-0.25, -0.2) is 9.42 Å². The van der Waals surface area contributed by atoms with Crippen LogP contribution in [0.2, 0.25) is 0 Å². The van der Waals surface area contributed by atoms with E-state index in [1.807, 2.05) is 24.3 Å². The monoisotopic (exact) mass is 407 g/mol. The molecular weight excluding hydrogens is 394 g/mol. The number of aromatic carboxylic acids is 1. The summed E-state index contributed by atoms with van der Waals surface area (Å²) in [5.74, 6) is -0.841. The Kier molecular flexibility index (Phi) is 4.02. The molecule has 2 aromatic heterocycles. The summed E-state index contributed by atoms with van der Waals surface area (Å²) < 4.78 is 10.4. The molecule has 2 N–H and O–H groups in total. The molecule has 4 aromatic rings. The summed E-state index contributed by atoms with van der Waals surface area (Å²) in [5.41, 5.74) is 3.20. The molecule has 0 fully saturated rings. The van der Waals surface area contributed by atoms with Gasteiger partial charge in [0.1, 0.15) is 27.3 Å². The molecule has 9 heteroatoms. The minimum Gasteiger partial charge on any atom is -0.480 e. The maximum atomic E-state index is 12.7. The van der Waals surface area contributed by atoms with Gasteiger partial charge in [0.25, 0.3) is 5.91 Å². The highest BCUT2D eigenvalue weighted by atomic mass is 32.1. The van der Waals surface area contributed by atoms with Gasteiger partial charge in [-0.15, -0.1) is 11.3 Å². The number of hydrogen-bond acceptors (Lipinski definition) is 7. The average Bonchev–Trinajstić information content (AvgIpc) is 3.44. The summed E-state index contributed by atoms with van der Waals surface area (Å²) >= 11 is 1.15. The molecule has 144 valence electrons. The number of rotatable bonds is 4. The van der Waals surface area contributed by atoms with Crippen molar-refractivity contribution in [2.24, 2.45) is 0 Å². The maximum Gasteiger partial charge on any atom is 0.339 e. The third-order valence-electron chi connectivity index (χ3n) is 4.75. The van der Waals surface area contributed by atoms with Crippen molar-refractivity contribution in [3.63, 3.8) is 0 Å². The number of nitrogens with zero attached hydrogens (tertiary/aromatic N) is 2. The third kappa shape index (κ3) is 3.01. The standard InChI is InChI=1S/C20H13N3O5S/c24-18(16-8-11-3-1-2-4-15(11)27-16)21-19-17(20(25)26)12(9-29-19)10-5-6-13-14(7-10)23-28-22-13/h1-7,9,16H,8H2,(H,21,24)(H,25,26). The van der Waals surface area contributed by atoms with E-state index in [0.717, 1.165) is 16.9 Å². The van der Waals surface area contributed by atoms with Crippen LogP contribution in [-0.2, 0) is 11.2 Å². The van der Waals surface area contributed by atoms with E-state index in [-0.39, 0.29) is 16.5 Å². The van der Waals surface area contributed by atoms with Crippen molar-refractivity contribution < 1.29 is 24.1 Å². The van der Waals surface area contributed by atoms with E-state index in [2.05, 4.69) is 15.6 Å². The van der Waals surface area contributed by atoms with Gasteiger partial charge in [0.2, 0.25) is 0 Å².